The Morgan fingerprint density at radius 3 is 2.59 bits per heavy atom. The lowest BCUT2D eigenvalue weighted by Gasteiger charge is -2.21. The van der Waals surface area contributed by atoms with Gasteiger partial charge in [-0.1, -0.05) is 11.6 Å². The van der Waals surface area contributed by atoms with Crippen LogP contribution in [0, 0.1) is 0 Å². The van der Waals surface area contributed by atoms with Crippen LogP contribution in [-0.4, -0.2) is 22.6 Å². The van der Waals surface area contributed by atoms with E-state index in [1.165, 1.54) is 19.2 Å². The van der Waals surface area contributed by atoms with Gasteiger partial charge in [-0.25, -0.2) is 4.98 Å². The highest BCUT2D eigenvalue weighted by molar-refractivity contribution is 6.36. The van der Waals surface area contributed by atoms with E-state index in [-0.39, 0.29) is 50.8 Å². The first-order valence-corrected chi connectivity index (χ1v) is 8.55. The topological polar surface area (TPSA) is 60.1 Å². The molecule has 27 heavy (non-hydrogen) atoms. The van der Waals surface area contributed by atoms with Crippen molar-refractivity contribution in [3.63, 3.8) is 0 Å². The fraction of sp³-hybridized carbons (Fsp3) is 0.412. The number of piperidine rings is 1. The number of rotatable bonds is 1. The first-order valence-electron chi connectivity index (χ1n) is 8.18. The van der Waals surface area contributed by atoms with Gasteiger partial charge in [-0.3, -0.25) is 4.79 Å². The van der Waals surface area contributed by atoms with Gasteiger partial charge in [0.2, 0.25) is 5.82 Å². The molecule has 0 atom stereocenters. The SMILES string of the molecule is Cl.Cn1c(C(F)(F)F)nc2c(Cl)cc3c(=O)cc(C4CCNCC4)oc3c21. The highest BCUT2D eigenvalue weighted by atomic mass is 35.5. The van der Waals surface area contributed by atoms with Gasteiger partial charge in [-0.2, -0.15) is 13.2 Å². The van der Waals surface area contributed by atoms with E-state index in [0.29, 0.717) is 5.76 Å². The van der Waals surface area contributed by atoms with Crippen LogP contribution in [0.2, 0.25) is 5.02 Å². The molecule has 4 rings (SSSR count). The van der Waals surface area contributed by atoms with Crippen LogP contribution in [0.1, 0.15) is 30.3 Å². The average molecular weight is 422 g/mol. The predicted molar refractivity (Wildman–Crippen MR) is 98.9 cm³/mol. The summed E-state index contributed by atoms with van der Waals surface area (Å²) in [6, 6.07) is 2.74. The van der Waals surface area contributed by atoms with Crippen LogP contribution in [-0.2, 0) is 13.2 Å². The van der Waals surface area contributed by atoms with E-state index in [4.69, 9.17) is 16.0 Å². The molecule has 1 aliphatic rings. The lowest BCUT2D eigenvalue weighted by molar-refractivity contribution is -0.146. The molecule has 1 fully saturated rings. The van der Waals surface area contributed by atoms with Crippen LogP contribution in [0.15, 0.2) is 21.3 Å². The number of nitrogens with one attached hydrogen (secondary N) is 1. The molecule has 1 N–H and O–H groups in total. The molecule has 1 aliphatic heterocycles. The Morgan fingerprint density at radius 2 is 1.96 bits per heavy atom. The fourth-order valence-corrected chi connectivity index (χ4v) is 3.76. The highest BCUT2D eigenvalue weighted by Gasteiger charge is 2.38. The molecule has 2 aromatic heterocycles. The van der Waals surface area contributed by atoms with E-state index in [9.17, 15) is 18.0 Å². The Bertz CT molecular complexity index is 1070. The quantitative estimate of drug-likeness (QED) is 0.638. The highest BCUT2D eigenvalue weighted by Crippen LogP contribution is 2.37. The second-order valence-electron chi connectivity index (χ2n) is 6.46. The number of alkyl halides is 3. The normalized spacial score (nSPS) is 16.0. The summed E-state index contributed by atoms with van der Waals surface area (Å²) < 4.78 is 46.6. The number of imidazole rings is 1. The van der Waals surface area contributed by atoms with E-state index in [1.807, 2.05) is 0 Å². The van der Waals surface area contributed by atoms with Gasteiger partial charge in [0.25, 0.3) is 0 Å². The standard InChI is InChI=1S/C17H15ClF3N3O2.ClH/c1-24-14-13(23-16(24)17(19,20)21)10(18)6-9-11(25)7-12(26-15(9)14)8-2-4-22-5-3-8;/h6-8,22H,2-5H2,1H3;1H. The number of halogens is 5. The van der Waals surface area contributed by atoms with Crippen molar-refractivity contribution in [3.8, 4) is 0 Å². The Morgan fingerprint density at radius 1 is 1.30 bits per heavy atom. The first kappa shape index (κ1) is 20.0. The van der Waals surface area contributed by atoms with E-state index < -0.39 is 12.0 Å². The van der Waals surface area contributed by atoms with Crippen molar-refractivity contribution in [3.05, 3.63) is 39.0 Å². The predicted octanol–water partition coefficient (Wildman–Crippen LogP) is 4.24. The molecular formula is C17H16Cl2F3N3O2. The van der Waals surface area contributed by atoms with Gasteiger partial charge in [-0.15, -0.1) is 12.4 Å². The van der Waals surface area contributed by atoms with Crippen LogP contribution >= 0.6 is 24.0 Å². The van der Waals surface area contributed by atoms with Crippen LogP contribution in [0.5, 0.6) is 0 Å². The molecule has 0 radical (unpaired) electrons. The largest absolute Gasteiger partial charge is 0.458 e. The molecule has 1 saturated heterocycles. The van der Waals surface area contributed by atoms with Crippen molar-refractivity contribution in [2.75, 3.05) is 13.1 Å². The van der Waals surface area contributed by atoms with Crippen LogP contribution in [0.25, 0.3) is 22.0 Å². The molecule has 3 heterocycles. The molecule has 1 aromatic carbocycles. The van der Waals surface area contributed by atoms with Gasteiger partial charge in [0.1, 0.15) is 16.8 Å². The monoisotopic (exact) mass is 421 g/mol. The average Bonchev–Trinajstić information content (AvgIpc) is 2.95. The number of fused-ring (bicyclic) bond motifs is 3. The Hall–Kier alpha value is -1.77. The van der Waals surface area contributed by atoms with E-state index in [1.54, 1.807) is 0 Å². The zero-order valence-corrected chi connectivity index (χ0v) is 15.8. The maximum Gasteiger partial charge on any atom is 0.449 e. The number of hydrogen-bond donors (Lipinski definition) is 1. The van der Waals surface area contributed by atoms with Gasteiger partial charge in [0.15, 0.2) is 11.0 Å². The minimum Gasteiger partial charge on any atom is -0.458 e. The number of hydrogen-bond acceptors (Lipinski definition) is 4. The summed E-state index contributed by atoms with van der Waals surface area (Å²) in [6.07, 6.45) is -3.05. The third-order valence-electron chi connectivity index (χ3n) is 4.81. The number of nitrogens with zero attached hydrogens (tertiary/aromatic N) is 2. The lowest BCUT2D eigenvalue weighted by Crippen LogP contribution is -2.27. The van der Waals surface area contributed by atoms with Crippen molar-refractivity contribution in [1.29, 1.82) is 0 Å². The Kier molecular flexibility index (Phi) is 5.18. The molecular weight excluding hydrogens is 406 g/mol. The van der Waals surface area contributed by atoms with E-state index in [2.05, 4.69) is 10.3 Å². The number of aromatic nitrogens is 2. The van der Waals surface area contributed by atoms with Crippen molar-refractivity contribution in [1.82, 2.24) is 14.9 Å². The number of aryl methyl sites for hydroxylation is 1. The molecule has 0 bridgehead atoms. The molecule has 0 spiro atoms. The summed E-state index contributed by atoms with van der Waals surface area (Å²) in [5, 5.41) is 3.36. The van der Waals surface area contributed by atoms with Gasteiger partial charge >= 0.3 is 6.18 Å². The van der Waals surface area contributed by atoms with Gasteiger partial charge in [-0.05, 0) is 32.0 Å². The number of benzene rings is 1. The first-order chi connectivity index (χ1) is 12.3. The third-order valence-corrected chi connectivity index (χ3v) is 5.09. The Labute approximate surface area is 162 Å². The lowest BCUT2D eigenvalue weighted by atomic mass is 9.95. The van der Waals surface area contributed by atoms with Crippen LogP contribution in [0.4, 0.5) is 13.2 Å². The summed E-state index contributed by atoms with van der Waals surface area (Å²) in [5.74, 6) is -0.548. The zero-order valence-electron chi connectivity index (χ0n) is 14.2. The van der Waals surface area contributed by atoms with Gasteiger partial charge in [0.05, 0.1) is 10.4 Å². The minimum absolute atomic E-state index is 0. The smallest absolute Gasteiger partial charge is 0.449 e. The second kappa shape index (κ2) is 7.00. The zero-order chi connectivity index (χ0) is 18.6. The summed E-state index contributed by atoms with van der Waals surface area (Å²) in [6.45, 7) is 1.60. The molecule has 0 unspecified atom stereocenters. The summed E-state index contributed by atoms with van der Waals surface area (Å²) in [5.41, 5.74) is -0.179. The maximum atomic E-state index is 13.2. The van der Waals surface area contributed by atoms with E-state index in [0.717, 1.165) is 30.5 Å². The molecule has 10 heteroatoms. The minimum atomic E-state index is -4.64. The second-order valence-corrected chi connectivity index (χ2v) is 6.87. The molecule has 3 aromatic rings. The van der Waals surface area contributed by atoms with Gasteiger partial charge in [0, 0.05) is 19.0 Å². The summed E-state index contributed by atoms with van der Waals surface area (Å²) in [7, 11) is 1.24. The van der Waals surface area contributed by atoms with Gasteiger partial charge < -0.3 is 14.3 Å². The summed E-state index contributed by atoms with van der Waals surface area (Å²) in [4.78, 5) is 16.2. The van der Waals surface area contributed by atoms with Crippen LogP contribution in [0.3, 0.4) is 0 Å². The molecule has 146 valence electrons. The van der Waals surface area contributed by atoms with Crippen LogP contribution < -0.4 is 10.7 Å². The Balaban J connectivity index is 0.00000210. The molecule has 5 nitrogen and oxygen atoms in total. The maximum absolute atomic E-state index is 13.2. The fourth-order valence-electron chi connectivity index (χ4n) is 3.51. The van der Waals surface area contributed by atoms with Crippen molar-refractivity contribution in [2.24, 2.45) is 7.05 Å². The third kappa shape index (κ3) is 3.30. The van der Waals surface area contributed by atoms with Crippen molar-refractivity contribution in [2.45, 2.75) is 24.9 Å². The van der Waals surface area contributed by atoms with Crippen molar-refractivity contribution >= 4 is 46.0 Å². The van der Waals surface area contributed by atoms with Crippen molar-refractivity contribution < 1.29 is 17.6 Å². The molecule has 0 amide bonds. The van der Waals surface area contributed by atoms with E-state index >= 15 is 0 Å². The summed E-state index contributed by atoms with van der Waals surface area (Å²) >= 11 is 6.10. The molecule has 0 aliphatic carbocycles. The molecule has 0 saturated carbocycles.